The van der Waals surface area contributed by atoms with Crippen LogP contribution in [0.5, 0.6) is 5.75 Å². The van der Waals surface area contributed by atoms with Gasteiger partial charge in [-0.05, 0) is 36.4 Å². The fourth-order valence-corrected chi connectivity index (χ4v) is 2.23. The molecule has 2 aromatic rings. The van der Waals surface area contributed by atoms with Crippen LogP contribution in [0.25, 0.3) is 0 Å². The van der Waals surface area contributed by atoms with Gasteiger partial charge in [0.25, 0.3) is 5.91 Å². The van der Waals surface area contributed by atoms with E-state index in [1.54, 1.807) is 42.5 Å². The molecule has 2 rings (SSSR count). The molecule has 0 saturated heterocycles. The van der Waals surface area contributed by atoms with E-state index < -0.39 is 11.9 Å². The quantitative estimate of drug-likeness (QED) is 0.754. The van der Waals surface area contributed by atoms with Crippen LogP contribution in [0.2, 0.25) is 5.02 Å². The first-order valence-electron chi connectivity index (χ1n) is 6.62. The van der Waals surface area contributed by atoms with Crippen LogP contribution in [0.4, 0.5) is 5.69 Å². The molecular formula is C16H13BrClNO4. The molecule has 0 aliphatic rings. The second kappa shape index (κ2) is 8.55. The Labute approximate surface area is 146 Å². The Morgan fingerprint density at radius 3 is 2.61 bits per heavy atom. The van der Waals surface area contributed by atoms with E-state index in [-0.39, 0.29) is 13.2 Å². The Hall–Kier alpha value is -2.05. The number of halogens is 2. The lowest BCUT2D eigenvalue weighted by molar-refractivity contribution is -0.149. The fourth-order valence-electron chi connectivity index (χ4n) is 1.65. The van der Waals surface area contributed by atoms with Crippen LogP contribution in [0, 0.1) is 0 Å². The molecule has 0 aliphatic heterocycles. The lowest BCUT2D eigenvalue weighted by Crippen LogP contribution is -2.23. The summed E-state index contributed by atoms with van der Waals surface area (Å²) < 4.78 is 10.9. The van der Waals surface area contributed by atoms with Crippen molar-refractivity contribution in [2.75, 3.05) is 18.5 Å². The van der Waals surface area contributed by atoms with Gasteiger partial charge in [0.1, 0.15) is 5.75 Å². The third kappa shape index (κ3) is 6.30. The molecule has 1 amide bonds. The summed E-state index contributed by atoms with van der Waals surface area (Å²) >= 11 is 9.10. The highest BCUT2D eigenvalue weighted by Gasteiger charge is 2.09. The Balaban J connectivity index is 1.72. The normalized spacial score (nSPS) is 10.0. The Morgan fingerprint density at radius 1 is 1.09 bits per heavy atom. The van der Waals surface area contributed by atoms with E-state index >= 15 is 0 Å². The summed E-state index contributed by atoms with van der Waals surface area (Å²) in [5.41, 5.74) is 0.607. The first-order valence-corrected chi connectivity index (χ1v) is 7.79. The third-order valence-corrected chi connectivity index (χ3v) is 3.35. The standard InChI is InChI=1S/C16H13BrClNO4/c17-11-3-1-5-13(7-11)19-15(20)9-23-16(21)10-22-14-6-2-4-12(18)8-14/h1-8H,9-10H2,(H,19,20). The summed E-state index contributed by atoms with van der Waals surface area (Å²) in [4.78, 5) is 23.2. The summed E-state index contributed by atoms with van der Waals surface area (Å²) in [6.45, 7) is -0.686. The molecule has 0 fully saturated rings. The van der Waals surface area contributed by atoms with Crippen LogP contribution < -0.4 is 10.1 Å². The average Bonchev–Trinajstić information content (AvgIpc) is 2.51. The minimum atomic E-state index is -0.644. The zero-order chi connectivity index (χ0) is 16.7. The first-order chi connectivity index (χ1) is 11.0. The van der Waals surface area contributed by atoms with E-state index in [0.717, 1.165) is 4.47 Å². The summed E-state index contributed by atoms with van der Waals surface area (Å²) in [5.74, 6) is -0.624. The van der Waals surface area contributed by atoms with Crippen LogP contribution in [0.3, 0.4) is 0 Å². The molecule has 5 nitrogen and oxygen atoms in total. The molecule has 0 bridgehead atoms. The highest BCUT2D eigenvalue weighted by atomic mass is 79.9. The molecule has 0 spiro atoms. The van der Waals surface area contributed by atoms with E-state index in [4.69, 9.17) is 21.1 Å². The van der Waals surface area contributed by atoms with Crippen LogP contribution >= 0.6 is 27.5 Å². The van der Waals surface area contributed by atoms with Crippen LogP contribution in [0.15, 0.2) is 53.0 Å². The van der Waals surface area contributed by atoms with Gasteiger partial charge in [-0.3, -0.25) is 4.79 Å². The molecule has 2 aromatic carbocycles. The summed E-state index contributed by atoms with van der Waals surface area (Å²) in [6.07, 6.45) is 0. The van der Waals surface area contributed by atoms with Gasteiger partial charge in [-0.25, -0.2) is 4.79 Å². The van der Waals surface area contributed by atoms with Crippen molar-refractivity contribution in [2.24, 2.45) is 0 Å². The van der Waals surface area contributed by atoms with E-state index in [2.05, 4.69) is 21.2 Å². The smallest absolute Gasteiger partial charge is 0.344 e. The number of carbonyl (C=O) groups excluding carboxylic acids is 2. The van der Waals surface area contributed by atoms with Gasteiger partial charge in [0, 0.05) is 15.2 Å². The zero-order valence-electron chi connectivity index (χ0n) is 11.9. The van der Waals surface area contributed by atoms with E-state index in [0.29, 0.717) is 16.5 Å². The van der Waals surface area contributed by atoms with Gasteiger partial charge in [0.15, 0.2) is 13.2 Å². The summed E-state index contributed by atoms with van der Waals surface area (Å²) in [6, 6.07) is 13.7. The Bertz CT molecular complexity index is 708. The minimum absolute atomic E-state index is 0.301. The largest absolute Gasteiger partial charge is 0.482 e. The van der Waals surface area contributed by atoms with Crippen molar-refractivity contribution in [1.29, 1.82) is 0 Å². The van der Waals surface area contributed by atoms with Gasteiger partial charge in [-0.1, -0.05) is 39.7 Å². The molecule has 0 heterocycles. The van der Waals surface area contributed by atoms with Gasteiger partial charge in [0.2, 0.25) is 0 Å². The predicted octanol–water partition coefficient (Wildman–Crippen LogP) is 3.66. The van der Waals surface area contributed by atoms with Crippen molar-refractivity contribution >= 4 is 45.1 Å². The second-order valence-corrected chi connectivity index (χ2v) is 5.82. The molecule has 0 unspecified atom stereocenters. The average molecular weight is 399 g/mol. The van der Waals surface area contributed by atoms with Crippen LogP contribution in [-0.4, -0.2) is 25.1 Å². The highest BCUT2D eigenvalue weighted by Crippen LogP contribution is 2.17. The van der Waals surface area contributed by atoms with Gasteiger partial charge in [-0.2, -0.15) is 0 Å². The van der Waals surface area contributed by atoms with Crippen molar-refractivity contribution in [1.82, 2.24) is 0 Å². The predicted molar refractivity (Wildman–Crippen MR) is 90.7 cm³/mol. The number of hydrogen-bond acceptors (Lipinski definition) is 4. The van der Waals surface area contributed by atoms with Crippen molar-refractivity contribution in [3.8, 4) is 5.75 Å². The van der Waals surface area contributed by atoms with Gasteiger partial charge in [-0.15, -0.1) is 0 Å². The maximum Gasteiger partial charge on any atom is 0.344 e. The molecule has 0 radical (unpaired) electrons. The first kappa shape index (κ1) is 17.3. The second-order valence-electron chi connectivity index (χ2n) is 4.47. The molecule has 120 valence electrons. The number of ether oxygens (including phenoxy) is 2. The summed E-state index contributed by atoms with van der Waals surface area (Å²) in [5, 5.41) is 3.12. The molecular weight excluding hydrogens is 386 g/mol. The maximum atomic E-state index is 11.7. The molecule has 0 aliphatic carbocycles. The van der Waals surface area contributed by atoms with Crippen molar-refractivity contribution in [3.05, 3.63) is 58.0 Å². The van der Waals surface area contributed by atoms with Crippen LogP contribution in [-0.2, 0) is 14.3 Å². The molecule has 23 heavy (non-hydrogen) atoms. The maximum absolute atomic E-state index is 11.7. The molecule has 7 heteroatoms. The van der Waals surface area contributed by atoms with Crippen molar-refractivity contribution in [2.45, 2.75) is 0 Å². The fraction of sp³-hybridized carbons (Fsp3) is 0.125. The number of anilines is 1. The monoisotopic (exact) mass is 397 g/mol. The number of rotatable bonds is 6. The minimum Gasteiger partial charge on any atom is -0.482 e. The Kier molecular flexibility index (Phi) is 6.43. The van der Waals surface area contributed by atoms with E-state index in [9.17, 15) is 9.59 Å². The van der Waals surface area contributed by atoms with Gasteiger partial charge < -0.3 is 14.8 Å². The molecule has 0 atom stereocenters. The molecule has 0 aromatic heterocycles. The highest BCUT2D eigenvalue weighted by molar-refractivity contribution is 9.10. The summed E-state index contributed by atoms with van der Waals surface area (Å²) in [7, 11) is 0. The van der Waals surface area contributed by atoms with E-state index in [1.807, 2.05) is 6.07 Å². The third-order valence-electron chi connectivity index (χ3n) is 2.63. The van der Waals surface area contributed by atoms with E-state index in [1.165, 1.54) is 0 Å². The lowest BCUT2D eigenvalue weighted by Gasteiger charge is -2.08. The number of amides is 1. The van der Waals surface area contributed by atoms with Crippen molar-refractivity contribution < 1.29 is 19.1 Å². The van der Waals surface area contributed by atoms with Gasteiger partial charge in [0.05, 0.1) is 0 Å². The van der Waals surface area contributed by atoms with Crippen LogP contribution in [0.1, 0.15) is 0 Å². The lowest BCUT2D eigenvalue weighted by atomic mass is 10.3. The molecule has 1 N–H and O–H groups in total. The number of nitrogens with one attached hydrogen (secondary N) is 1. The number of benzene rings is 2. The molecule has 0 saturated carbocycles. The van der Waals surface area contributed by atoms with Crippen molar-refractivity contribution in [3.63, 3.8) is 0 Å². The Morgan fingerprint density at radius 2 is 1.87 bits per heavy atom. The topological polar surface area (TPSA) is 64.6 Å². The SMILES string of the molecule is O=C(COC(=O)COc1cccc(Cl)c1)Nc1cccc(Br)c1. The number of carbonyl (C=O) groups is 2. The number of hydrogen-bond donors (Lipinski definition) is 1. The van der Waals surface area contributed by atoms with Gasteiger partial charge >= 0.3 is 5.97 Å². The zero-order valence-corrected chi connectivity index (χ0v) is 14.3. The number of esters is 1.